The van der Waals surface area contributed by atoms with Gasteiger partial charge in [0, 0.05) is 58.2 Å². The third-order valence-corrected chi connectivity index (χ3v) is 8.76. The molecule has 0 atom stereocenters. The molecule has 250 valence electrons. The first-order valence-corrected chi connectivity index (χ1v) is 15.2. The van der Waals surface area contributed by atoms with Gasteiger partial charge in [0.1, 0.15) is 0 Å². The van der Waals surface area contributed by atoms with Crippen molar-refractivity contribution in [3.63, 3.8) is 0 Å². The third kappa shape index (κ3) is 6.87. The van der Waals surface area contributed by atoms with E-state index in [1.54, 1.807) is 32.0 Å². The molecule has 0 aliphatic carbocycles. The van der Waals surface area contributed by atoms with Gasteiger partial charge in [-0.15, -0.1) is 0 Å². The summed E-state index contributed by atoms with van der Waals surface area (Å²) in [6, 6.07) is 6.78. The first kappa shape index (κ1) is 34.1. The second-order valence-corrected chi connectivity index (χ2v) is 11.6. The summed E-state index contributed by atoms with van der Waals surface area (Å²) in [4.78, 5) is 40.5. The van der Waals surface area contributed by atoms with Gasteiger partial charge in [-0.25, -0.2) is 9.97 Å². The summed E-state index contributed by atoms with van der Waals surface area (Å²) in [6.07, 6.45) is -1.52. The Morgan fingerprint density at radius 3 is 1.88 bits per heavy atom. The molecular formula is C36H34F4N4O4. The summed E-state index contributed by atoms with van der Waals surface area (Å²) in [6.45, 7) is 7.06. The number of carbonyl (C=O) groups excluding carboxylic acids is 2. The first-order chi connectivity index (χ1) is 22.8. The zero-order chi connectivity index (χ0) is 34.9. The number of methoxy groups -OCH3 is 2. The highest BCUT2D eigenvalue weighted by atomic mass is 19.3. The summed E-state index contributed by atoms with van der Waals surface area (Å²) in [5.74, 6) is -0.793. The number of halogens is 4. The smallest absolute Gasteiger partial charge is 0.305 e. The number of carbonyl (C=O) groups is 2. The van der Waals surface area contributed by atoms with E-state index in [-0.39, 0.29) is 29.7 Å². The van der Waals surface area contributed by atoms with E-state index in [1.165, 1.54) is 14.2 Å². The van der Waals surface area contributed by atoms with Crippen LogP contribution >= 0.6 is 0 Å². The Kier molecular flexibility index (Phi) is 9.83. The highest BCUT2D eigenvalue weighted by Crippen LogP contribution is 2.37. The molecule has 8 nitrogen and oxygen atoms in total. The number of hydrogen-bond donors (Lipinski definition) is 2. The molecule has 2 N–H and O–H groups in total. The summed E-state index contributed by atoms with van der Waals surface area (Å²) in [5, 5.41) is 0. The lowest BCUT2D eigenvalue weighted by Gasteiger charge is -2.04. The molecule has 2 aliphatic rings. The summed E-state index contributed by atoms with van der Waals surface area (Å²) in [7, 11) is 2.63. The lowest BCUT2D eigenvalue weighted by atomic mass is 10.00. The van der Waals surface area contributed by atoms with Crippen molar-refractivity contribution < 1.29 is 36.6 Å². The summed E-state index contributed by atoms with van der Waals surface area (Å²) in [5.41, 5.74) is 8.15. The Morgan fingerprint density at radius 1 is 0.667 bits per heavy atom. The van der Waals surface area contributed by atoms with Crippen LogP contribution in [0.15, 0.2) is 42.5 Å². The molecule has 5 rings (SSSR count). The molecule has 0 fully saturated rings. The second-order valence-electron chi connectivity index (χ2n) is 11.6. The molecule has 3 aromatic rings. The van der Waals surface area contributed by atoms with Crippen LogP contribution in [0.4, 0.5) is 17.6 Å². The van der Waals surface area contributed by atoms with Crippen LogP contribution in [0.25, 0.3) is 50.4 Å². The van der Waals surface area contributed by atoms with Gasteiger partial charge in [-0.05, 0) is 98.2 Å². The van der Waals surface area contributed by atoms with Crippen LogP contribution in [-0.2, 0) is 25.5 Å². The van der Waals surface area contributed by atoms with Crippen LogP contribution in [0.3, 0.4) is 0 Å². The van der Waals surface area contributed by atoms with Crippen LogP contribution in [0.5, 0.6) is 0 Å². The number of fused-ring (bicyclic) bond motifs is 8. The van der Waals surface area contributed by atoms with Crippen LogP contribution in [0.1, 0.15) is 78.1 Å². The van der Waals surface area contributed by atoms with E-state index in [1.807, 2.05) is 19.9 Å². The van der Waals surface area contributed by atoms with Gasteiger partial charge >= 0.3 is 11.9 Å². The van der Waals surface area contributed by atoms with E-state index < -0.39 is 24.1 Å². The van der Waals surface area contributed by atoms with Crippen molar-refractivity contribution in [2.24, 2.45) is 0 Å². The number of allylic oxidation sites excluding steroid dienone is 5. The van der Waals surface area contributed by atoms with E-state index in [0.717, 1.165) is 34.4 Å². The number of rotatable bonds is 8. The Labute approximate surface area is 273 Å². The number of ether oxygens (including phenoxy) is 2. The normalized spacial score (nSPS) is 12.7. The Bertz CT molecular complexity index is 2130. The van der Waals surface area contributed by atoms with Gasteiger partial charge in [-0.1, -0.05) is 0 Å². The van der Waals surface area contributed by atoms with Crippen LogP contribution < -0.4 is 0 Å². The lowest BCUT2D eigenvalue weighted by molar-refractivity contribution is -0.141. The summed E-state index contributed by atoms with van der Waals surface area (Å²) >= 11 is 0. The van der Waals surface area contributed by atoms with Crippen molar-refractivity contribution in [1.82, 2.24) is 19.9 Å². The zero-order valence-electron chi connectivity index (χ0n) is 27.3. The number of esters is 2. The number of H-pyrrole nitrogens is 2. The Morgan fingerprint density at radius 2 is 1.23 bits per heavy atom. The number of aromatic amines is 2. The van der Waals surface area contributed by atoms with Crippen molar-refractivity contribution in [3.05, 3.63) is 87.5 Å². The lowest BCUT2D eigenvalue weighted by Crippen LogP contribution is -2.02. The molecule has 5 heterocycles. The molecule has 0 aromatic carbocycles. The minimum atomic E-state index is -1.91. The fourth-order valence-electron chi connectivity index (χ4n) is 6.03. The molecule has 3 aromatic heterocycles. The molecule has 12 heteroatoms. The number of nitrogens with one attached hydrogen (secondary N) is 2. The van der Waals surface area contributed by atoms with Crippen LogP contribution in [-0.4, -0.2) is 46.1 Å². The minimum Gasteiger partial charge on any atom is -0.469 e. The Hall–Kier alpha value is -5.26. The van der Waals surface area contributed by atoms with Crippen LogP contribution in [0.2, 0.25) is 0 Å². The van der Waals surface area contributed by atoms with Gasteiger partial charge in [0.25, 0.3) is 12.2 Å². The molecule has 0 saturated carbocycles. The van der Waals surface area contributed by atoms with Crippen molar-refractivity contribution >= 4 is 62.4 Å². The average molecular weight is 663 g/mol. The highest BCUT2D eigenvalue weighted by Gasteiger charge is 2.22. The van der Waals surface area contributed by atoms with Crippen LogP contribution in [0, 0.1) is 13.8 Å². The van der Waals surface area contributed by atoms with Gasteiger partial charge in [-0.2, -0.15) is 17.6 Å². The van der Waals surface area contributed by atoms with Gasteiger partial charge in [0.2, 0.25) is 0 Å². The maximum atomic E-state index is 13.7. The standard InChI is InChI=1S/C36H34F4N4O4/c1-17-21(7-9-35(45)47-5)29-16-30-22(8-10-36(46)48-6)18(2)27(42-30)14-31-24(12-34(39)40)20(4)28(44-31)15-32-23(11-33(37)38)19(3)26(43-32)13-25(17)41-29/h11-16,42,44H,7-10H2,1-6H3. The fraction of sp³-hybridized carbons (Fsp3) is 0.278. The molecule has 0 amide bonds. The monoisotopic (exact) mass is 662 g/mol. The topological polar surface area (TPSA) is 110 Å². The van der Waals surface area contributed by atoms with E-state index >= 15 is 0 Å². The summed E-state index contributed by atoms with van der Waals surface area (Å²) < 4.78 is 64.6. The van der Waals surface area contributed by atoms with Gasteiger partial charge in [0.15, 0.2) is 0 Å². The zero-order valence-corrected chi connectivity index (χ0v) is 27.3. The predicted octanol–water partition coefficient (Wildman–Crippen LogP) is 8.87. The second kappa shape index (κ2) is 13.8. The van der Waals surface area contributed by atoms with Gasteiger partial charge in [-0.3, -0.25) is 9.59 Å². The maximum absolute atomic E-state index is 13.7. The Balaban J connectivity index is 1.94. The molecule has 0 radical (unpaired) electrons. The van der Waals surface area contributed by atoms with Crippen molar-refractivity contribution in [2.75, 3.05) is 14.2 Å². The van der Waals surface area contributed by atoms with E-state index in [0.29, 0.717) is 63.1 Å². The minimum absolute atomic E-state index is 0.0918. The van der Waals surface area contributed by atoms with Crippen molar-refractivity contribution in [3.8, 4) is 0 Å². The number of aryl methyl sites for hydroxylation is 3. The predicted molar refractivity (Wildman–Crippen MR) is 178 cm³/mol. The molecule has 48 heavy (non-hydrogen) atoms. The van der Waals surface area contributed by atoms with E-state index in [9.17, 15) is 27.2 Å². The van der Waals surface area contributed by atoms with Crippen molar-refractivity contribution in [1.29, 1.82) is 0 Å². The maximum Gasteiger partial charge on any atom is 0.305 e. The average Bonchev–Trinajstić information content (AvgIpc) is 3.69. The molecule has 8 bridgehead atoms. The molecular weight excluding hydrogens is 628 g/mol. The van der Waals surface area contributed by atoms with Crippen molar-refractivity contribution in [2.45, 2.75) is 53.4 Å². The fourth-order valence-corrected chi connectivity index (χ4v) is 6.03. The molecule has 0 spiro atoms. The third-order valence-electron chi connectivity index (χ3n) is 8.76. The number of nitrogens with zero attached hydrogens (tertiary/aromatic N) is 2. The largest absolute Gasteiger partial charge is 0.469 e. The number of aromatic nitrogens is 4. The SMILES string of the molecule is COC(=O)CCC1=C(C)c2cc3nc(cc4[nH]c(cc5[nH]c(cc1n2)c(CCC(=O)OC)c5C)c(C=C(F)F)c4C)C(C=C(F)F)=C3C. The highest BCUT2D eigenvalue weighted by molar-refractivity contribution is 5.98. The molecule has 2 aliphatic heterocycles. The van der Waals surface area contributed by atoms with E-state index in [4.69, 9.17) is 14.5 Å². The van der Waals surface area contributed by atoms with Gasteiger partial charge < -0.3 is 19.4 Å². The van der Waals surface area contributed by atoms with E-state index in [2.05, 4.69) is 15.0 Å². The molecule has 0 unspecified atom stereocenters. The first-order valence-electron chi connectivity index (χ1n) is 15.2. The van der Waals surface area contributed by atoms with Gasteiger partial charge in [0.05, 0.1) is 37.0 Å². The quantitative estimate of drug-likeness (QED) is 0.184. The molecule has 0 saturated heterocycles. The number of hydrogen-bond acceptors (Lipinski definition) is 6.